The highest BCUT2D eigenvalue weighted by molar-refractivity contribution is 6.13. The fourth-order valence-electron chi connectivity index (χ4n) is 3.71. The van der Waals surface area contributed by atoms with Gasteiger partial charge >= 0.3 is 0 Å². The SMILES string of the molecule is O=C1C=CC(=O)N1[C@H]1CCc2ccc(CCc3ccccc3)cc21. The van der Waals surface area contributed by atoms with Crippen LogP contribution in [-0.2, 0) is 28.9 Å². The topological polar surface area (TPSA) is 37.4 Å². The molecule has 0 N–H and O–H groups in total. The molecule has 120 valence electrons. The van der Waals surface area contributed by atoms with Crippen molar-refractivity contribution >= 4 is 11.8 Å². The first-order valence-electron chi connectivity index (χ1n) is 8.43. The maximum Gasteiger partial charge on any atom is 0.254 e. The number of rotatable bonds is 4. The molecule has 4 rings (SSSR count). The van der Waals surface area contributed by atoms with E-state index in [1.807, 2.05) is 6.07 Å². The van der Waals surface area contributed by atoms with E-state index in [-0.39, 0.29) is 17.9 Å². The van der Waals surface area contributed by atoms with Crippen LogP contribution in [0.1, 0.15) is 34.7 Å². The molecule has 0 saturated carbocycles. The maximum absolute atomic E-state index is 12.0. The van der Waals surface area contributed by atoms with E-state index in [0.717, 1.165) is 31.2 Å². The van der Waals surface area contributed by atoms with Crippen LogP contribution in [0.25, 0.3) is 0 Å². The second-order valence-corrected chi connectivity index (χ2v) is 6.45. The van der Waals surface area contributed by atoms with Gasteiger partial charge in [-0.1, -0.05) is 48.5 Å². The summed E-state index contributed by atoms with van der Waals surface area (Å²) >= 11 is 0. The Morgan fingerprint density at radius 3 is 2.33 bits per heavy atom. The fourth-order valence-corrected chi connectivity index (χ4v) is 3.71. The van der Waals surface area contributed by atoms with Gasteiger partial charge in [0.25, 0.3) is 11.8 Å². The first kappa shape index (κ1) is 14.9. The molecule has 3 heteroatoms. The molecule has 0 aromatic heterocycles. The molecular weight excluding hydrogens is 298 g/mol. The van der Waals surface area contributed by atoms with Crippen molar-refractivity contribution in [3.8, 4) is 0 Å². The van der Waals surface area contributed by atoms with Crippen molar-refractivity contribution in [1.82, 2.24) is 4.90 Å². The zero-order valence-corrected chi connectivity index (χ0v) is 13.4. The lowest BCUT2D eigenvalue weighted by molar-refractivity contribution is -0.139. The van der Waals surface area contributed by atoms with E-state index in [1.54, 1.807) is 0 Å². The van der Waals surface area contributed by atoms with Crippen molar-refractivity contribution in [3.63, 3.8) is 0 Å². The van der Waals surface area contributed by atoms with Crippen LogP contribution in [0.5, 0.6) is 0 Å². The number of fused-ring (bicyclic) bond motifs is 1. The van der Waals surface area contributed by atoms with Crippen molar-refractivity contribution in [3.05, 3.63) is 82.9 Å². The van der Waals surface area contributed by atoms with E-state index in [9.17, 15) is 9.59 Å². The molecule has 3 nitrogen and oxygen atoms in total. The van der Waals surface area contributed by atoms with Crippen molar-refractivity contribution in [2.45, 2.75) is 31.7 Å². The summed E-state index contributed by atoms with van der Waals surface area (Å²) < 4.78 is 0. The van der Waals surface area contributed by atoms with Crippen LogP contribution >= 0.6 is 0 Å². The Bertz CT molecular complexity index is 805. The van der Waals surface area contributed by atoms with Crippen LogP contribution < -0.4 is 0 Å². The quantitative estimate of drug-likeness (QED) is 0.811. The smallest absolute Gasteiger partial charge is 0.254 e. The van der Waals surface area contributed by atoms with Crippen LogP contribution in [0.15, 0.2) is 60.7 Å². The zero-order chi connectivity index (χ0) is 16.5. The minimum Gasteiger partial charge on any atom is -0.269 e. The minimum absolute atomic E-state index is 0.105. The summed E-state index contributed by atoms with van der Waals surface area (Å²) in [5.74, 6) is -0.375. The molecule has 0 radical (unpaired) electrons. The molecule has 0 fully saturated rings. The van der Waals surface area contributed by atoms with E-state index in [1.165, 1.54) is 33.7 Å². The number of carbonyl (C=O) groups excluding carboxylic acids is 2. The van der Waals surface area contributed by atoms with Gasteiger partial charge in [0.2, 0.25) is 0 Å². The van der Waals surface area contributed by atoms with Gasteiger partial charge in [0.15, 0.2) is 0 Å². The summed E-state index contributed by atoms with van der Waals surface area (Å²) in [6.07, 6.45) is 6.46. The van der Waals surface area contributed by atoms with Crippen LogP contribution in [0.3, 0.4) is 0 Å². The number of benzene rings is 2. The lowest BCUT2D eigenvalue weighted by Crippen LogP contribution is -2.33. The van der Waals surface area contributed by atoms with E-state index < -0.39 is 0 Å². The molecule has 1 heterocycles. The maximum atomic E-state index is 12.0. The van der Waals surface area contributed by atoms with E-state index >= 15 is 0 Å². The third kappa shape index (κ3) is 2.67. The Balaban J connectivity index is 1.55. The number of hydrogen-bond donors (Lipinski definition) is 0. The molecule has 2 aromatic rings. The molecule has 0 spiro atoms. The van der Waals surface area contributed by atoms with Gasteiger partial charge in [-0.15, -0.1) is 0 Å². The minimum atomic E-state index is -0.187. The third-order valence-corrected chi connectivity index (χ3v) is 4.96. The van der Waals surface area contributed by atoms with Crippen LogP contribution in [-0.4, -0.2) is 16.7 Å². The largest absolute Gasteiger partial charge is 0.269 e. The normalized spacial score (nSPS) is 19.2. The van der Waals surface area contributed by atoms with Crippen molar-refractivity contribution in [2.24, 2.45) is 0 Å². The third-order valence-electron chi connectivity index (χ3n) is 4.96. The highest BCUT2D eigenvalue weighted by Gasteiger charge is 2.36. The number of hydrogen-bond acceptors (Lipinski definition) is 2. The lowest BCUT2D eigenvalue weighted by atomic mass is 9.99. The van der Waals surface area contributed by atoms with Crippen molar-refractivity contribution < 1.29 is 9.59 Å². The number of aryl methyl sites for hydroxylation is 3. The van der Waals surface area contributed by atoms with Gasteiger partial charge in [0.05, 0.1) is 6.04 Å². The number of amides is 2. The predicted octanol–water partition coefficient (Wildman–Crippen LogP) is 3.38. The summed E-state index contributed by atoms with van der Waals surface area (Å²) in [4.78, 5) is 25.4. The summed E-state index contributed by atoms with van der Waals surface area (Å²) in [6.45, 7) is 0. The van der Waals surface area contributed by atoms with Gasteiger partial charge in [0.1, 0.15) is 0 Å². The zero-order valence-electron chi connectivity index (χ0n) is 13.4. The van der Waals surface area contributed by atoms with Gasteiger partial charge in [-0.25, -0.2) is 0 Å². The summed E-state index contributed by atoms with van der Waals surface area (Å²) in [6, 6.07) is 16.9. The number of carbonyl (C=O) groups is 2. The standard InChI is InChI=1S/C21H19NO2/c23-20-12-13-21(24)22(20)19-11-10-17-9-8-16(14-18(17)19)7-6-15-4-2-1-3-5-15/h1-5,8-9,12-14,19H,6-7,10-11H2/t19-/m0/s1. The number of nitrogens with zero attached hydrogens (tertiary/aromatic N) is 1. The Kier molecular flexibility index (Phi) is 3.77. The van der Waals surface area contributed by atoms with Crippen molar-refractivity contribution in [1.29, 1.82) is 0 Å². The molecular formula is C21H19NO2. The van der Waals surface area contributed by atoms with Crippen LogP contribution in [0, 0.1) is 0 Å². The van der Waals surface area contributed by atoms with E-state index in [0.29, 0.717) is 0 Å². The second kappa shape index (κ2) is 6.08. The molecule has 0 saturated heterocycles. The first-order chi connectivity index (χ1) is 11.7. The van der Waals surface area contributed by atoms with Crippen molar-refractivity contribution in [2.75, 3.05) is 0 Å². The molecule has 0 unspecified atom stereocenters. The van der Waals surface area contributed by atoms with Crippen LogP contribution in [0.2, 0.25) is 0 Å². The molecule has 1 aliphatic heterocycles. The summed E-state index contributed by atoms with van der Waals surface area (Å²) in [5.41, 5.74) is 4.99. The monoisotopic (exact) mass is 317 g/mol. The highest BCUT2D eigenvalue weighted by Crippen LogP contribution is 2.37. The Hall–Kier alpha value is -2.68. The molecule has 1 aliphatic carbocycles. The highest BCUT2D eigenvalue weighted by atomic mass is 16.2. The van der Waals surface area contributed by atoms with E-state index in [4.69, 9.17) is 0 Å². The molecule has 0 bridgehead atoms. The lowest BCUT2D eigenvalue weighted by Gasteiger charge is -2.23. The Morgan fingerprint density at radius 1 is 0.875 bits per heavy atom. The summed E-state index contributed by atoms with van der Waals surface area (Å²) in [7, 11) is 0. The van der Waals surface area contributed by atoms with Gasteiger partial charge < -0.3 is 0 Å². The summed E-state index contributed by atoms with van der Waals surface area (Å²) in [5, 5.41) is 0. The first-order valence-corrected chi connectivity index (χ1v) is 8.43. The Labute approximate surface area is 141 Å². The average molecular weight is 317 g/mol. The predicted molar refractivity (Wildman–Crippen MR) is 92.3 cm³/mol. The van der Waals surface area contributed by atoms with Gasteiger partial charge in [-0.05, 0) is 47.9 Å². The molecule has 2 aliphatic rings. The number of imide groups is 1. The second-order valence-electron chi connectivity index (χ2n) is 6.45. The van der Waals surface area contributed by atoms with E-state index in [2.05, 4.69) is 42.5 Å². The van der Waals surface area contributed by atoms with Crippen LogP contribution in [0.4, 0.5) is 0 Å². The molecule has 2 aromatic carbocycles. The molecule has 1 atom stereocenters. The van der Waals surface area contributed by atoms with Gasteiger partial charge in [0, 0.05) is 12.2 Å². The molecule has 24 heavy (non-hydrogen) atoms. The Morgan fingerprint density at radius 2 is 1.58 bits per heavy atom. The fraction of sp³-hybridized carbons (Fsp3) is 0.238. The average Bonchev–Trinajstić information content (AvgIpc) is 3.16. The molecule has 2 amide bonds. The van der Waals surface area contributed by atoms with Gasteiger partial charge in [-0.3, -0.25) is 14.5 Å². The van der Waals surface area contributed by atoms with Gasteiger partial charge in [-0.2, -0.15) is 0 Å².